The van der Waals surface area contributed by atoms with Gasteiger partial charge in [-0.25, -0.2) is 0 Å². The summed E-state index contributed by atoms with van der Waals surface area (Å²) in [6.45, 7) is 1.44. The molecule has 1 fully saturated rings. The fourth-order valence-corrected chi connectivity index (χ4v) is 2.30. The van der Waals surface area contributed by atoms with Gasteiger partial charge in [0.25, 0.3) is 0 Å². The van der Waals surface area contributed by atoms with Crippen LogP contribution in [-0.4, -0.2) is 12.6 Å². The van der Waals surface area contributed by atoms with Gasteiger partial charge in [-0.05, 0) is 36.3 Å². The minimum Gasteiger partial charge on any atom is -0.376 e. The van der Waals surface area contributed by atoms with E-state index < -0.39 is 0 Å². The Balaban J connectivity index is 1.68. The summed E-state index contributed by atoms with van der Waals surface area (Å²) in [5.41, 5.74) is 9.57. The van der Waals surface area contributed by atoms with Gasteiger partial charge in [0.1, 0.15) is 0 Å². The molecule has 4 heteroatoms. The minimum atomic E-state index is 0.185. The molecule has 0 bridgehead atoms. The average molecular weight is 231 g/mol. The van der Waals surface area contributed by atoms with Crippen LogP contribution in [0.4, 0.5) is 0 Å². The Morgan fingerprint density at radius 1 is 1.29 bits per heavy atom. The molecule has 1 aromatic rings. The highest BCUT2D eigenvalue weighted by Gasteiger charge is 2.23. The van der Waals surface area contributed by atoms with Crippen LogP contribution in [0.25, 0.3) is 10.4 Å². The molecule has 4 nitrogen and oxygen atoms in total. The predicted octanol–water partition coefficient (Wildman–Crippen LogP) is 3.68. The Morgan fingerprint density at radius 2 is 2.12 bits per heavy atom. The third-order valence-electron chi connectivity index (χ3n) is 3.19. The smallest absolute Gasteiger partial charge is 0.0717 e. The lowest BCUT2D eigenvalue weighted by molar-refractivity contribution is 0.0885. The van der Waals surface area contributed by atoms with Crippen molar-refractivity contribution in [3.63, 3.8) is 0 Å². The first-order valence-corrected chi connectivity index (χ1v) is 6.04. The second kappa shape index (κ2) is 6.28. The molecule has 1 aliphatic rings. The highest BCUT2D eigenvalue weighted by atomic mass is 16.5. The highest BCUT2D eigenvalue weighted by Crippen LogP contribution is 2.28. The van der Waals surface area contributed by atoms with E-state index in [1.807, 2.05) is 18.2 Å². The number of nitrogens with zero attached hydrogens (tertiary/aromatic N) is 3. The maximum absolute atomic E-state index is 8.36. The monoisotopic (exact) mass is 231 g/mol. The maximum atomic E-state index is 8.36. The summed E-state index contributed by atoms with van der Waals surface area (Å²) in [7, 11) is 0. The molecular formula is C13H17N3O. The van der Waals surface area contributed by atoms with Gasteiger partial charge in [0.2, 0.25) is 0 Å². The number of hydrogen-bond donors (Lipinski definition) is 0. The third-order valence-corrected chi connectivity index (χ3v) is 3.19. The summed E-state index contributed by atoms with van der Waals surface area (Å²) in [6, 6.07) is 10.4. The normalized spacial score (nSPS) is 23.3. The van der Waals surface area contributed by atoms with Gasteiger partial charge >= 0.3 is 0 Å². The topological polar surface area (TPSA) is 58.0 Å². The summed E-state index contributed by atoms with van der Waals surface area (Å²) in [6.07, 6.45) is 3.08. The van der Waals surface area contributed by atoms with Gasteiger partial charge in [-0.1, -0.05) is 35.4 Å². The summed E-state index contributed by atoms with van der Waals surface area (Å²) in [5.74, 6) is 0.550. The number of ether oxygens (including phenoxy) is 1. The van der Waals surface area contributed by atoms with E-state index >= 15 is 0 Å². The van der Waals surface area contributed by atoms with Crippen molar-refractivity contribution in [2.24, 2.45) is 11.0 Å². The SMILES string of the molecule is [N-]=[N+]=NC1CC[C@@H](COCc2ccccc2)C1. The molecule has 0 spiro atoms. The molecule has 0 heterocycles. The van der Waals surface area contributed by atoms with Gasteiger partial charge < -0.3 is 4.74 Å². The zero-order chi connectivity index (χ0) is 11.9. The number of azide groups is 1. The zero-order valence-electron chi connectivity index (χ0n) is 9.83. The molecule has 1 unspecified atom stereocenters. The molecule has 0 N–H and O–H groups in total. The molecule has 0 saturated heterocycles. The van der Waals surface area contributed by atoms with Crippen molar-refractivity contribution in [1.29, 1.82) is 0 Å². The van der Waals surface area contributed by atoms with Crippen LogP contribution in [0.1, 0.15) is 24.8 Å². The summed E-state index contributed by atoms with van der Waals surface area (Å²) < 4.78 is 5.70. The van der Waals surface area contributed by atoms with Crippen LogP contribution in [-0.2, 0) is 11.3 Å². The maximum Gasteiger partial charge on any atom is 0.0717 e. The van der Waals surface area contributed by atoms with Crippen molar-refractivity contribution in [2.75, 3.05) is 6.61 Å². The lowest BCUT2D eigenvalue weighted by atomic mass is 10.1. The van der Waals surface area contributed by atoms with E-state index in [1.165, 1.54) is 5.56 Å². The third kappa shape index (κ3) is 3.77. The molecule has 0 aliphatic heterocycles. The molecule has 0 radical (unpaired) electrons. The molecule has 17 heavy (non-hydrogen) atoms. The van der Waals surface area contributed by atoms with Gasteiger partial charge in [0, 0.05) is 17.6 Å². The second-order valence-electron chi connectivity index (χ2n) is 4.54. The van der Waals surface area contributed by atoms with Gasteiger partial charge in [-0.15, -0.1) is 0 Å². The fourth-order valence-electron chi connectivity index (χ4n) is 2.30. The Morgan fingerprint density at radius 3 is 2.88 bits per heavy atom. The molecule has 1 aliphatic carbocycles. The lowest BCUT2D eigenvalue weighted by Gasteiger charge is -2.10. The quantitative estimate of drug-likeness (QED) is 0.433. The Bertz CT molecular complexity index is 387. The second-order valence-corrected chi connectivity index (χ2v) is 4.54. The zero-order valence-corrected chi connectivity index (χ0v) is 9.83. The largest absolute Gasteiger partial charge is 0.376 e. The van der Waals surface area contributed by atoms with Crippen molar-refractivity contribution < 1.29 is 4.74 Å². The van der Waals surface area contributed by atoms with E-state index in [0.717, 1.165) is 25.9 Å². The van der Waals surface area contributed by atoms with Gasteiger partial charge in [0.05, 0.1) is 6.61 Å². The Labute approximate surface area is 101 Å². The van der Waals surface area contributed by atoms with Crippen molar-refractivity contribution in [3.8, 4) is 0 Å². The molecule has 0 amide bonds. The lowest BCUT2D eigenvalue weighted by Crippen LogP contribution is -2.07. The minimum absolute atomic E-state index is 0.185. The van der Waals surface area contributed by atoms with E-state index in [0.29, 0.717) is 12.5 Å². The molecule has 2 rings (SSSR count). The van der Waals surface area contributed by atoms with Crippen LogP contribution < -0.4 is 0 Å². The molecule has 0 aromatic heterocycles. The van der Waals surface area contributed by atoms with Crippen molar-refractivity contribution >= 4 is 0 Å². The van der Waals surface area contributed by atoms with Crippen LogP contribution in [0.15, 0.2) is 35.4 Å². The highest BCUT2D eigenvalue weighted by molar-refractivity contribution is 5.13. The van der Waals surface area contributed by atoms with Crippen LogP contribution >= 0.6 is 0 Å². The molecule has 90 valence electrons. The summed E-state index contributed by atoms with van der Waals surface area (Å²) >= 11 is 0. The average Bonchev–Trinajstić information content (AvgIpc) is 2.79. The van der Waals surface area contributed by atoms with Gasteiger partial charge in [-0.2, -0.15) is 0 Å². The van der Waals surface area contributed by atoms with E-state index in [4.69, 9.17) is 10.3 Å². The van der Waals surface area contributed by atoms with E-state index in [2.05, 4.69) is 22.2 Å². The Hall–Kier alpha value is -1.51. The van der Waals surface area contributed by atoms with E-state index in [9.17, 15) is 0 Å². The van der Waals surface area contributed by atoms with Crippen molar-refractivity contribution in [2.45, 2.75) is 31.9 Å². The van der Waals surface area contributed by atoms with E-state index in [1.54, 1.807) is 0 Å². The van der Waals surface area contributed by atoms with Crippen LogP contribution in [0.2, 0.25) is 0 Å². The standard InChI is InChI=1S/C13H17N3O/c14-16-15-13-7-6-12(8-13)10-17-9-11-4-2-1-3-5-11/h1-5,12-13H,6-10H2/t12-,13?/m1/s1. The van der Waals surface area contributed by atoms with Gasteiger partial charge in [0.15, 0.2) is 0 Å². The van der Waals surface area contributed by atoms with Crippen LogP contribution in [0.3, 0.4) is 0 Å². The molecule has 2 atom stereocenters. The van der Waals surface area contributed by atoms with Crippen LogP contribution in [0.5, 0.6) is 0 Å². The number of rotatable bonds is 5. The first kappa shape index (κ1) is 12.0. The predicted molar refractivity (Wildman–Crippen MR) is 66.4 cm³/mol. The first-order chi connectivity index (χ1) is 8.38. The Kier molecular flexibility index (Phi) is 4.42. The van der Waals surface area contributed by atoms with Crippen molar-refractivity contribution in [1.82, 2.24) is 0 Å². The first-order valence-electron chi connectivity index (χ1n) is 6.04. The fraction of sp³-hybridized carbons (Fsp3) is 0.538. The van der Waals surface area contributed by atoms with E-state index in [-0.39, 0.29) is 6.04 Å². The summed E-state index contributed by atoms with van der Waals surface area (Å²) in [5, 5.41) is 3.77. The number of benzene rings is 1. The number of hydrogen-bond acceptors (Lipinski definition) is 2. The van der Waals surface area contributed by atoms with Gasteiger partial charge in [-0.3, -0.25) is 0 Å². The molecular weight excluding hydrogens is 214 g/mol. The summed E-state index contributed by atoms with van der Waals surface area (Å²) in [4.78, 5) is 2.86. The molecule has 1 aromatic carbocycles. The van der Waals surface area contributed by atoms with Crippen LogP contribution in [0, 0.1) is 5.92 Å². The molecule has 1 saturated carbocycles. The van der Waals surface area contributed by atoms with Crippen molar-refractivity contribution in [3.05, 3.63) is 46.3 Å².